The van der Waals surface area contributed by atoms with E-state index in [0.29, 0.717) is 17.2 Å². The summed E-state index contributed by atoms with van der Waals surface area (Å²) in [6.45, 7) is 2.25. The minimum Gasteiger partial charge on any atom is -0.466 e. The van der Waals surface area contributed by atoms with Crippen molar-refractivity contribution in [1.29, 1.82) is 0 Å². The SMILES string of the molecule is CCOC(=O)CCN(CCO)C(=O)c1ccc(Cl)cc1. The molecule has 0 atom stereocenters. The van der Waals surface area contributed by atoms with Gasteiger partial charge < -0.3 is 14.7 Å². The zero-order valence-electron chi connectivity index (χ0n) is 11.3. The molecule has 0 fully saturated rings. The highest BCUT2D eigenvalue weighted by Crippen LogP contribution is 2.12. The fraction of sp³-hybridized carbons (Fsp3) is 0.429. The van der Waals surface area contributed by atoms with E-state index in [4.69, 9.17) is 21.4 Å². The number of hydrogen-bond acceptors (Lipinski definition) is 4. The lowest BCUT2D eigenvalue weighted by Crippen LogP contribution is -2.35. The van der Waals surface area contributed by atoms with Crippen LogP contribution in [0.25, 0.3) is 0 Å². The minimum atomic E-state index is -0.362. The number of esters is 1. The summed E-state index contributed by atoms with van der Waals surface area (Å²) in [6, 6.07) is 6.47. The summed E-state index contributed by atoms with van der Waals surface area (Å²) in [5.41, 5.74) is 0.465. The van der Waals surface area contributed by atoms with Crippen molar-refractivity contribution in [3.05, 3.63) is 34.9 Å². The molecule has 1 rings (SSSR count). The van der Waals surface area contributed by atoms with Gasteiger partial charge >= 0.3 is 5.97 Å². The van der Waals surface area contributed by atoms with Crippen molar-refractivity contribution < 1.29 is 19.4 Å². The molecule has 0 aliphatic rings. The van der Waals surface area contributed by atoms with E-state index >= 15 is 0 Å². The van der Waals surface area contributed by atoms with E-state index in [0.717, 1.165) is 0 Å². The Hall–Kier alpha value is -1.59. The zero-order chi connectivity index (χ0) is 15.0. The molecule has 0 saturated heterocycles. The predicted octanol–water partition coefficient (Wildman–Crippen LogP) is 1.73. The molecular formula is C14H18ClNO4. The van der Waals surface area contributed by atoms with Gasteiger partial charge in [0.1, 0.15) is 0 Å². The molecular weight excluding hydrogens is 282 g/mol. The number of ether oxygens (including phenoxy) is 1. The normalized spacial score (nSPS) is 10.2. The minimum absolute atomic E-state index is 0.104. The number of aliphatic hydroxyl groups excluding tert-OH is 1. The number of aliphatic hydroxyl groups is 1. The predicted molar refractivity (Wildman–Crippen MR) is 75.7 cm³/mol. The molecule has 1 N–H and O–H groups in total. The number of carbonyl (C=O) groups is 2. The molecule has 0 spiro atoms. The smallest absolute Gasteiger partial charge is 0.307 e. The highest BCUT2D eigenvalue weighted by atomic mass is 35.5. The third-order valence-electron chi connectivity index (χ3n) is 2.64. The van der Waals surface area contributed by atoms with E-state index < -0.39 is 0 Å². The molecule has 1 aromatic carbocycles. The molecule has 0 aliphatic heterocycles. The molecule has 1 aromatic rings. The van der Waals surface area contributed by atoms with Crippen LogP contribution in [0.4, 0.5) is 0 Å². The number of benzene rings is 1. The summed E-state index contributed by atoms with van der Waals surface area (Å²) in [5.74, 6) is -0.612. The van der Waals surface area contributed by atoms with Crippen molar-refractivity contribution >= 4 is 23.5 Å². The van der Waals surface area contributed by atoms with E-state index in [2.05, 4.69) is 0 Å². The van der Waals surface area contributed by atoms with Crippen molar-refractivity contribution in [2.45, 2.75) is 13.3 Å². The molecule has 0 saturated carbocycles. The van der Waals surface area contributed by atoms with E-state index in [1.165, 1.54) is 4.90 Å². The lowest BCUT2D eigenvalue weighted by molar-refractivity contribution is -0.143. The molecule has 0 bridgehead atoms. The lowest BCUT2D eigenvalue weighted by atomic mass is 10.2. The second kappa shape index (κ2) is 8.55. The Kier molecular flexibility index (Phi) is 7.04. The topological polar surface area (TPSA) is 66.8 Å². The largest absolute Gasteiger partial charge is 0.466 e. The van der Waals surface area contributed by atoms with Gasteiger partial charge in [-0.3, -0.25) is 9.59 Å². The Bertz CT molecular complexity index is 447. The number of carbonyl (C=O) groups excluding carboxylic acids is 2. The zero-order valence-corrected chi connectivity index (χ0v) is 12.1. The number of hydrogen-bond donors (Lipinski definition) is 1. The molecule has 0 unspecified atom stereocenters. The Morgan fingerprint density at radius 2 is 1.90 bits per heavy atom. The van der Waals surface area contributed by atoms with Crippen LogP contribution in [0.3, 0.4) is 0 Å². The fourth-order valence-corrected chi connectivity index (χ4v) is 1.80. The summed E-state index contributed by atoms with van der Waals surface area (Å²) in [4.78, 5) is 25.0. The van der Waals surface area contributed by atoms with Gasteiger partial charge in [0.15, 0.2) is 0 Å². The molecule has 6 heteroatoms. The lowest BCUT2D eigenvalue weighted by Gasteiger charge is -2.21. The van der Waals surface area contributed by atoms with Gasteiger partial charge in [-0.05, 0) is 31.2 Å². The Labute approximate surface area is 123 Å². The van der Waals surface area contributed by atoms with Crippen molar-refractivity contribution in [1.82, 2.24) is 4.90 Å². The quantitative estimate of drug-likeness (QED) is 0.779. The summed E-state index contributed by atoms with van der Waals surface area (Å²) in [5, 5.41) is 9.56. The van der Waals surface area contributed by atoms with Gasteiger partial charge in [-0.2, -0.15) is 0 Å². The number of halogens is 1. The van der Waals surface area contributed by atoms with E-state index in [1.807, 2.05) is 0 Å². The second-order valence-electron chi connectivity index (χ2n) is 4.08. The third kappa shape index (κ3) is 5.19. The molecule has 1 amide bonds. The van der Waals surface area contributed by atoms with Crippen molar-refractivity contribution in [2.24, 2.45) is 0 Å². The van der Waals surface area contributed by atoms with Crippen molar-refractivity contribution in [2.75, 3.05) is 26.3 Å². The first-order valence-electron chi connectivity index (χ1n) is 6.39. The first kappa shape index (κ1) is 16.5. The summed E-state index contributed by atoms with van der Waals surface area (Å²) >= 11 is 5.77. The summed E-state index contributed by atoms with van der Waals surface area (Å²) in [6.07, 6.45) is 0.104. The first-order chi connectivity index (χ1) is 9.58. The maximum absolute atomic E-state index is 12.2. The van der Waals surface area contributed by atoms with Gasteiger partial charge in [0.2, 0.25) is 0 Å². The number of rotatable bonds is 7. The Balaban J connectivity index is 2.67. The van der Waals surface area contributed by atoms with Crippen molar-refractivity contribution in [3.8, 4) is 0 Å². The molecule has 110 valence electrons. The van der Waals surface area contributed by atoms with E-state index in [9.17, 15) is 9.59 Å². The third-order valence-corrected chi connectivity index (χ3v) is 2.89. The van der Waals surface area contributed by atoms with E-state index in [1.54, 1.807) is 31.2 Å². The van der Waals surface area contributed by atoms with Crippen LogP contribution in [0.5, 0.6) is 0 Å². The Morgan fingerprint density at radius 3 is 2.45 bits per heavy atom. The fourth-order valence-electron chi connectivity index (χ4n) is 1.67. The van der Waals surface area contributed by atoms with Crippen LogP contribution in [-0.4, -0.2) is 48.2 Å². The van der Waals surface area contributed by atoms with Gasteiger partial charge in [0.25, 0.3) is 5.91 Å². The molecule has 0 aromatic heterocycles. The highest BCUT2D eigenvalue weighted by molar-refractivity contribution is 6.30. The monoisotopic (exact) mass is 299 g/mol. The number of amides is 1. The van der Waals surface area contributed by atoms with Gasteiger partial charge in [-0.25, -0.2) is 0 Å². The van der Waals surface area contributed by atoms with Crippen LogP contribution < -0.4 is 0 Å². The van der Waals surface area contributed by atoms with Crippen LogP contribution in [-0.2, 0) is 9.53 Å². The molecule has 0 aliphatic carbocycles. The Morgan fingerprint density at radius 1 is 1.25 bits per heavy atom. The molecule has 20 heavy (non-hydrogen) atoms. The van der Waals surface area contributed by atoms with Gasteiger partial charge in [-0.15, -0.1) is 0 Å². The molecule has 0 radical (unpaired) electrons. The van der Waals surface area contributed by atoms with Gasteiger partial charge in [0, 0.05) is 23.7 Å². The average molecular weight is 300 g/mol. The average Bonchev–Trinajstić information content (AvgIpc) is 2.44. The van der Waals surface area contributed by atoms with Crippen LogP contribution in [0.1, 0.15) is 23.7 Å². The number of nitrogens with zero attached hydrogens (tertiary/aromatic N) is 1. The van der Waals surface area contributed by atoms with Gasteiger partial charge in [0.05, 0.1) is 19.6 Å². The van der Waals surface area contributed by atoms with Crippen LogP contribution in [0.2, 0.25) is 5.02 Å². The maximum atomic E-state index is 12.2. The highest BCUT2D eigenvalue weighted by Gasteiger charge is 2.16. The van der Waals surface area contributed by atoms with Crippen LogP contribution in [0.15, 0.2) is 24.3 Å². The molecule has 5 nitrogen and oxygen atoms in total. The second-order valence-corrected chi connectivity index (χ2v) is 4.51. The van der Waals surface area contributed by atoms with Crippen molar-refractivity contribution in [3.63, 3.8) is 0 Å². The first-order valence-corrected chi connectivity index (χ1v) is 6.77. The standard InChI is InChI=1S/C14H18ClNO4/c1-2-20-13(18)7-8-16(9-10-17)14(19)11-3-5-12(15)6-4-11/h3-6,17H,2,7-10H2,1H3. The summed E-state index contributed by atoms with van der Waals surface area (Å²) in [7, 11) is 0. The van der Waals surface area contributed by atoms with Crippen LogP contribution >= 0.6 is 11.6 Å². The molecule has 0 heterocycles. The maximum Gasteiger partial charge on any atom is 0.307 e. The van der Waals surface area contributed by atoms with E-state index in [-0.39, 0.29) is 38.0 Å². The van der Waals surface area contributed by atoms with Gasteiger partial charge in [-0.1, -0.05) is 11.6 Å². The summed E-state index contributed by atoms with van der Waals surface area (Å²) < 4.78 is 4.81. The van der Waals surface area contributed by atoms with Crippen LogP contribution in [0, 0.1) is 0 Å².